The van der Waals surface area contributed by atoms with Crippen LogP contribution in [0.15, 0.2) is 0 Å². The molecule has 0 aromatic rings. The second-order valence-corrected chi connectivity index (χ2v) is 3.64. The van der Waals surface area contributed by atoms with Crippen molar-refractivity contribution in [3.8, 4) is 11.8 Å². The average molecular weight is 180 g/mol. The Labute approximate surface area is 81.7 Å². The van der Waals surface area contributed by atoms with Crippen LogP contribution in [0, 0.1) is 11.8 Å². The van der Waals surface area contributed by atoms with E-state index in [1.807, 2.05) is 6.92 Å². The minimum atomic E-state index is 0.778. The maximum Gasteiger partial charge on any atom is 0.0216 e. The molecule has 0 aromatic carbocycles. The summed E-state index contributed by atoms with van der Waals surface area (Å²) in [5.41, 5.74) is 0. The summed E-state index contributed by atoms with van der Waals surface area (Å²) < 4.78 is 0. The number of hydrogen-bond donors (Lipinski definition) is 1. The van der Waals surface area contributed by atoms with Crippen molar-refractivity contribution in [1.82, 2.24) is 10.2 Å². The van der Waals surface area contributed by atoms with Crippen molar-refractivity contribution in [1.29, 1.82) is 0 Å². The van der Waals surface area contributed by atoms with E-state index in [4.69, 9.17) is 0 Å². The molecule has 0 atom stereocenters. The molecule has 0 unspecified atom stereocenters. The largest absolute Gasteiger partial charge is 0.317 e. The summed E-state index contributed by atoms with van der Waals surface area (Å²) in [5.74, 6) is 6.05. The van der Waals surface area contributed by atoms with Crippen molar-refractivity contribution >= 4 is 0 Å². The Hall–Kier alpha value is -0.520. The van der Waals surface area contributed by atoms with Crippen molar-refractivity contribution in [3.05, 3.63) is 0 Å². The molecule has 1 heterocycles. The van der Waals surface area contributed by atoms with Crippen LogP contribution in [-0.4, -0.2) is 37.6 Å². The van der Waals surface area contributed by atoms with Crippen LogP contribution in [0.1, 0.15) is 26.2 Å². The molecule has 2 heteroatoms. The van der Waals surface area contributed by atoms with Crippen molar-refractivity contribution in [2.24, 2.45) is 0 Å². The van der Waals surface area contributed by atoms with E-state index >= 15 is 0 Å². The fourth-order valence-electron chi connectivity index (χ4n) is 1.79. The van der Waals surface area contributed by atoms with E-state index in [-0.39, 0.29) is 0 Å². The maximum atomic E-state index is 3.38. The molecular weight excluding hydrogens is 160 g/mol. The normalized spacial score (nSPS) is 18.4. The minimum Gasteiger partial charge on any atom is -0.317 e. The van der Waals surface area contributed by atoms with Crippen molar-refractivity contribution in [3.63, 3.8) is 0 Å². The van der Waals surface area contributed by atoms with Crippen LogP contribution in [-0.2, 0) is 0 Å². The lowest BCUT2D eigenvalue weighted by atomic mass is 10.1. The zero-order valence-electron chi connectivity index (χ0n) is 8.77. The van der Waals surface area contributed by atoms with Gasteiger partial charge in [-0.25, -0.2) is 0 Å². The third kappa shape index (κ3) is 3.80. The van der Waals surface area contributed by atoms with E-state index in [9.17, 15) is 0 Å². The van der Waals surface area contributed by atoms with E-state index < -0.39 is 0 Å². The first kappa shape index (κ1) is 10.6. The molecule has 0 amide bonds. The predicted octanol–water partition coefficient (Wildman–Crippen LogP) is 1.08. The van der Waals surface area contributed by atoms with Crippen LogP contribution in [0.5, 0.6) is 0 Å². The number of nitrogens with one attached hydrogen (secondary N) is 1. The Morgan fingerprint density at radius 1 is 1.38 bits per heavy atom. The molecule has 13 heavy (non-hydrogen) atoms. The quantitative estimate of drug-likeness (QED) is 0.654. The zero-order chi connectivity index (χ0) is 9.52. The third-order valence-electron chi connectivity index (χ3n) is 2.70. The first-order chi connectivity index (χ1) is 6.34. The maximum absolute atomic E-state index is 3.38. The highest BCUT2D eigenvalue weighted by molar-refractivity contribution is 4.95. The van der Waals surface area contributed by atoms with Crippen molar-refractivity contribution < 1.29 is 0 Å². The molecule has 0 radical (unpaired) electrons. The molecule has 0 bridgehead atoms. The Kier molecular flexibility index (Phi) is 4.88. The van der Waals surface area contributed by atoms with Crippen LogP contribution < -0.4 is 5.32 Å². The summed E-state index contributed by atoms with van der Waals surface area (Å²) in [6, 6.07) is 0.778. The Bertz CT molecular complexity index is 184. The van der Waals surface area contributed by atoms with Crippen molar-refractivity contribution in [2.45, 2.75) is 32.2 Å². The van der Waals surface area contributed by atoms with Crippen molar-refractivity contribution in [2.75, 3.05) is 26.7 Å². The summed E-state index contributed by atoms with van der Waals surface area (Å²) >= 11 is 0. The highest BCUT2D eigenvalue weighted by Crippen LogP contribution is 2.09. The first-order valence-electron chi connectivity index (χ1n) is 5.15. The molecule has 0 spiro atoms. The second kappa shape index (κ2) is 6.01. The number of piperidine rings is 1. The molecule has 1 aliphatic rings. The summed E-state index contributed by atoms with van der Waals surface area (Å²) in [4.78, 5) is 2.45. The molecule has 1 aliphatic heterocycles. The first-order valence-corrected chi connectivity index (χ1v) is 5.15. The van der Waals surface area contributed by atoms with Gasteiger partial charge in [0.05, 0.1) is 0 Å². The summed E-state index contributed by atoms with van der Waals surface area (Å²) in [6.45, 7) is 5.37. The fourth-order valence-corrected chi connectivity index (χ4v) is 1.79. The molecule has 1 saturated heterocycles. The number of rotatable bonds is 3. The van der Waals surface area contributed by atoms with Gasteiger partial charge in [-0.3, -0.25) is 0 Å². The third-order valence-corrected chi connectivity index (χ3v) is 2.70. The van der Waals surface area contributed by atoms with Gasteiger partial charge in [-0.2, -0.15) is 0 Å². The van der Waals surface area contributed by atoms with Gasteiger partial charge in [-0.15, -0.1) is 11.8 Å². The van der Waals surface area contributed by atoms with Gasteiger partial charge in [-0.1, -0.05) is 0 Å². The molecule has 1 N–H and O–H groups in total. The molecule has 0 aromatic heterocycles. The van der Waals surface area contributed by atoms with E-state index in [1.165, 1.54) is 25.9 Å². The molecular formula is C11H20N2. The predicted molar refractivity (Wildman–Crippen MR) is 56.6 cm³/mol. The van der Waals surface area contributed by atoms with E-state index in [0.29, 0.717) is 0 Å². The Balaban J connectivity index is 2.19. The highest BCUT2D eigenvalue weighted by Gasteiger charge is 2.16. The van der Waals surface area contributed by atoms with Crippen LogP contribution in [0.4, 0.5) is 0 Å². The van der Waals surface area contributed by atoms with Gasteiger partial charge in [0.25, 0.3) is 0 Å². The van der Waals surface area contributed by atoms with Crippen LogP contribution in [0.3, 0.4) is 0 Å². The lowest BCUT2D eigenvalue weighted by molar-refractivity contribution is 0.203. The summed E-state index contributed by atoms with van der Waals surface area (Å²) in [5, 5.41) is 3.38. The summed E-state index contributed by atoms with van der Waals surface area (Å²) in [7, 11) is 2.22. The van der Waals surface area contributed by atoms with Gasteiger partial charge in [0.1, 0.15) is 0 Å². The smallest absolute Gasteiger partial charge is 0.0216 e. The highest BCUT2D eigenvalue weighted by atomic mass is 15.1. The van der Waals surface area contributed by atoms with Crippen LogP contribution in [0.2, 0.25) is 0 Å². The summed E-state index contributed by atoms with van der Waals surface area (Å²) in [6.07, 6.45) is 3.59. The standard InChI is InChI=1S/C11H20N2/c1-3-4-5-10-13(2)11-6-8-12-9-7-11/h11-12H,5-10H2,1-2H3. The van der Waals surface area contributed by atoms with Gasteiger partial charge in [0.2, 0.25) is 0 Å². The average Bonchev–Trinajstić information content (AvgIpc) is 2.19. The van der Waals surface area contributed by atoms with Gasteiger partial charge in [0, 0.05) is 19.0 Å². The zero-order valence-corrected chi connectivity index (χ0v) is 8.77. The number of hydrogen-bond acceptors (Lipinski definition) is 2. The van der Waals surface area contributed by atoms with Gasteiger partial charge < -0.3 is 10.2 Å². The van der Waals surface area contributed by atoms with Gasteiger partial charge >= 0.3 is 0 Å². The molecule has 0 aliphatic carbocycles. The fraction of sp³-hybridized carbons (Fsp3) is 0.818. The van der Waals surface area contributed by atoms with E-state index in [2.05, 4.69) is 29.1 Å². The monoisotopic (exact) mass is 180 g/mol. The minimum absolute atomic E-state index is 0.778. The molecule has 1 rings (SSSR count). The lowest BCUT2D eigenvalue weighted by Crippen LogP contribution is -2.41. The SMILES string of the molecule is CC#CCCN(C)C1CCNCC1. The molecule has 2 nitrogen and oxygen atoms in total. The molecule has 1 fully saturated rings. The topological polar surface area (TPSA) is 15.3 Å². The van der Waals surface area contributed by atoms with Crippen LogP contribution >= 0.6 is 0 Å². The van der Waals surface area contributed by atoms with Crippen LogP contribution in [0.25, 0.3) is 0 Å². The van der Waals surface area contributed by atoms with E-state index in [1.54, 1.807) is 0 Å². The second-order valence-electron chi connectivity index (χ2n) is 3.64. The van der Waals surface area contributed by atoms with E-state index in [0.717, 1.165) is 19.0 Å². The number of nitrogens with zero attached hydrogens (tertiary/aromatic N) is 1. The molecule has 74 valence electrons. The van der Waals surface area contributed by atoms with Gasteiger partial charge in [0.15, 0.2) is 0 Å². The lowest BCUT2D eigenvalue weighted by Gasteiger charge is -2.31. The molecule has 0 saturated carbocycles. The van der Waals surface area contributed by atoms with Gasteiger partial charge in [-0.05, 0) is 39.9 Å². The Morgan fingerprint density at radius 3 is 2.69 bits per heavy atom. The Morgan fingerprint density at radius 2 is 2.08 bits per heavy atom.